The van der Waals surface area contributed by atoms with Crippen LogP contribution in [0.4, 0.5) is 0 Å². The summed E-state index contributed by atoms with van der Waals surface area (Å²) in [6, 6.07) is 56.2. The molecule has 2 heteroatoms. The second-order valence-electron chi connectivity index (χ2n) is 11.4. The Morgan fingerprint density at radius 3 is 1.82 bits per heavy atom. The molecule has 204 valence electrons. The van der Waals surface area contributed by atoms with Crippen LogP contribution in [-0.2, 0) is 0 Å². The molecule has 0 aliphatic heterocycles. The van der Waals surface area contributed by atoms with Gasteiger partial charge in [-0.2, -0.15) is 0 Å². The van der Waals surface area contributed by atoms with Crippen molar-refractivity contribution in [1.82, 2.24) is 9.97 Å². The first-order valence-corrected chi connectivity index (χ1v) is 15.0. The molecule has 0 radical (unpaired) electrons. The molecule has 0 saturated heterocycles. The van der Waals surface area contributed by atoms with Crippen LogP contribution in [0.5, 0.6) is 0 Å². The molecule has 9 rings (SSSR count). The highest BCUT2D eigenvalue weighted by molar-refractivity contribution is 6.24. The molecular weight excluding hydrogens is 532 g/mol. The van der Waals surface area contributed by atoms with E-state index in [2.05, 4.69) is 146 Å². The summed E-state index contributed by atoms with van der Waals surface area (Å²) in [7, 11) is 0. The molecule has 0 N–H and O–H groups in total. The Balaban J connectivity index is 1.21. The molecule has 2 nitrogen and oxygen atoms in total. The van der Waals surface area contributed by atoms with Crippen LogP contribution >= 0.6 is 0 Å². The van der Waals surface area contributed by atoms with E-state index in [1.54, 1.807) is 0 Å². The number of aromatic nitrogens is 2. The minimum atomic E-state index is 0.733. The number of hydrogen-bond donors (Lipinski definition) is 0. The number of rotatable bonds is 3. The van der Waals surface area contributed by atoms with Gasteiger partial charge in [-0.3, -0.25) is 0 Å². The van der Waals surface area contributed by atoms with E-state index in [0.717, 1.165) is 33.5 Å². The lowest BCUT2D eigenvalue weighted by Gasteiger charge is -2.12. The fourth-order valence-electron chi connectivity index (χ4n) is 6.67. The van der Waals surface area contributed by atoms with Gasteiger partial charge in [0.25, 0.3) is 0 Å². The molecule has 0 unspecified atom stereocenters. The molecule has 1 aromatic heterocycles. The summed E-state index contributed by atoms with van der Waals surface area (Å²) >= 11 is 0. The Labute approximate surface area is 254 Å². The van der Waals surface area contributed by atoms with E-state index in [-0.39, 0.29) is 0 Å². The van der Waals surface area contributed by atoms with E-state index in [1.807, 2.05) is 12.1 Å². The van der Waals surface area contributed by atoms with Crippen molar-refractivity contribution in [3.63, 3.8) is 0 Å². The van der Waals surface area contributed by atoms with Gasteiger partial charge in [0.05, 0.1) is 11.2 Å². The number of para-hydroxylation sites is 1. The van der Waals surface area contributed by atoms with E-state index >= 15 is 0 Å². The van der Waals surface area contributed by atoms with E-state index < -0.39 is 0 Å². The number of hydrogen-bond acceptors (Lipinski definition) is 2. The van der Waals surface area contributed by atoms with Crippen molar-refractivity contribution in [3.05, 3.63) is 158 Å². The van der Waals surface area contributed by atoms with Crippen LogP contribution in [0.2, 0.25) is 0 Å². The van der Waals surface area contributed by atoms with Crippen LogP contribution in [-0.4, -0.2) is 9.97 Å². The highest BCUT2D eigenvalue weighted by atomic mass is 14.9. The highest BCUT2D eigenvalue weighted by Crippen LogP contribution is 2.37. The van der Waals surface area contributed by atoms with Gasteiger partial charge in [0.1, 0.15) is 0 Å². The Morgan fingerprint density at radius 1 is 0.318 bits per heavy atom. The van der Waals surface area contributed by atoms with Crippen LogP contribution in [0.3, 0.4) is 0 Å². The molecule has 44 heavy (non-hydrogen) atoms. The smallest absolute Gasteiger partial charge is 0.160 e. The van der Waals surface area contributed by atoms with E-state index in [4.69, 9.17) is 9.97 Å². The summed E-state index contributed by atoms with van der Waals surface area (Å²) in [5.41, 5.74) is 6.37. The standard InChI is InChI=1S/C42H26N2/c1-2-8-27(9-3-1)28-14-17-31(18-15-28)41-38-12-6-7-13-39(38)43-42(44-41)33-22-23-35-32(26-33)19-16-30-21-24-36-34-11-5-4-10-29(34)20-25-37(36)40(30)35/h1-26H. The second kappa shape index (κ2) is 9.86. The van der Waals surface area contributed by atoms with Crippen molar-refractivity contribution in [2.75, 3.05) is 0 Å². The molecule has 0 amide bonds. The third kappa shape index (κ3) is 3.96. The van der Waals surface area contributed by atoms with Crippen LogP contribution in [0.25, 0.3) is 87.8 Å². The Bertz CT molecular complexity index is 2530. The van der Waals surface area contributed by atoms with Crippen LogP contribution < -0.4 is 0 Å². The fourth-order valence-corrected chi connectivity index (χ4v) is 6.67. The highest BCUT2D eigenvalue weighted by Gasteiger charge is 2.14. The van der Waals surface area contributed by atoms with Gasteiger partial charge in [-0.25, -0.2) is 9.97 Å². The lowest BCUT2D eigenvalue weighted by Crippen LogP contribution is -1.95. The van der Waals surface area contributed by atoms with Crippen molar-refractivity contribution >= 4 is 54.0 Å². The Hall–Kier alpha value is -5.86. The van der Waals surface area contributed by atoms with Gasteiger partial charge in [-0.05, 0) is 66.3 Å². The average molecular weight is 559 g/mol. The summed E-state index contributed by atoms with van der Waals surface area (Å²) in [6.45, 7) is 0. The summed E-state index contributed by atoms with van der Waals surface area (Å²) in [6.07, 6.45) is 0. The normalized spacial score (nSPS) is 11.6. The van der Waals surface area contributed by atoms with Crippen molar-refractivity contribution < 1.29 is 0 Å². The molecule has 0 fully saturated rings. The molecule has 0 spiro atoms. The third-order valence-corrected chi connectivity index (χ3v) is 8.85. The van der Waals surface area contributed by atoms with Gasteiger partial charge in [0, 0.05) is 16.5 Å². The van der Waals surface area contributed by atoms with Crippen molar-refractivity contribution in [1.29, 1.82) is 0 Å². The topological polar surface area (TPSA) is 25.8 Å². The van der Waals surface area contributed by atoms with Crippen molar-refractivity contribution in [2.45, 2.75) is 0 Å². The quantitative estimate of drug-likeness (QED) is 0.202. The zero-order chi connectivity index (χ0) is 29.0. The van der Waals surface area contributed by atoms with Crippen LogP contribution in [0.1, 0.15) is 0 Å². The lowest BCUT2D eigenvalue weighted by molar-refractivity contribution is 1.23. The second-order valence-corrected chi connectivity index (χ2v) is 11.4. The van der Waals surface area contributed by atoms with Gasteiger partial charge in [0.2, 0.25) is 0 Å². The molecule has 0 aliphatic carbocycles. The minimum Gasteiger partial charge on any atom is -0.228 e. The first-order chi connectivity index (χ1) is 21.8. The Kier molecular flexibility index (Phi) is 5.54. The average Bonchev–Trinajstić information content (AvgIpc) is 3.11. The maximum absolute atomic E-state index is 5.19. The number of benzene rings is 8. The fraction of sp³-hybridized carbons (Fsp3) is 0. The van der Waals surface area contributed by atoms with Crippen LogP contribution in [0.15, 0.2) is 158 Å². The maximum atomic E-state index is 5.19. The number of fused-ring (bicyclic) bond motifs is 8. The summed E-state index contributed by atoms with van der Waals surface area (Å²) < 4.78 is 0. The molecule has 1 heterocycles. The largest absolute Gasteiger partial charge is 0.228 e. The maximum Gasteiger partial charge on any atom is 0.160 e. The number of nitrogens with zero attached hydrogens (tertiary/aromatic N) is 2. The molecule has 8 aromatic carbocycles. The first-order valence-electron chi connectivity index (χ1n) is 15.0. The molecule has 0 bridgehead atoms. The zero-order valence-electron chi connectivity index (χ0n) is 23.9. The van der Waals surface area contributed by atoms with Gasteiger partial charge in [0.15, 0.2) is 5.82 Å². The molecule has 0 atom stereocenters. The first kappa shape index (κ1) is 24.7. The van der Waals surface area contributed by atoms with Gasteiger partial charge >= 0.3 is 0 Å². The monoisotopic (exact) mass is 558 g/mol. The summed E-state index contributed by atoms with van der Waals surface area (Å²) in [5, 5.41) is 11.1. The predicted molar refractivity (Wildman–Crippen MR) is 186 cm³/mol. The summed E-state index contributed by atoms with van der Waals surface area (Å²) in [5.74, 6) is 0.733. The predicted octanol–water partition coefficient (Wildman–Crippen LogP) is 11.2. The summed E-state index contributed by atoms with van der Waals surface area (Å²) in [4.78, 5) is 10.2. The van der Waals surface area contributed by atoms with E-state index in [0.29, 0.717) is 0 Å². The Morgan fingerprint density at radius 2 is 0.932 bits per heavy atom. The zero-order valence-corrected chi connectivity index (χ0v) is 23.9. The molecular formula is C42H26N2. The molecule has 0 aliphatic rings. The van der Waals surface area contributed by atoms with Gasteiger partial charge in [-0.15, -0.1) is 0 Å². The van der Waals surface area contributed by atoms with Crippen molar-refractivity contribution in [3.8, 4) is 33.8 Å². The minimum absolute atomic E-state index is 0.733. The van der Waals surface area contributed by atoms with E-state index in [9.17, 15) is 0 Å². The third-order valence-electron chi connectivity index (χ3n) is 8.85. The lowest BCUT2D eigenvalue weighted by atomic mass is 9.93. The molecule has 0 saturated carbocycles. The van der Waals surface area contributed by atoms with Gasteiger partial charge < -0.3 is 0 Å². The van der Waals surface area contributed by atoms with E-state index in [1.165, 1.54) is 54.2 Å². The van der Waals surface area contributed by atoms with Crippen molar-refractivity contribution in [2.24, 2.45) is 0 Å². The SMILES string of the molecule is c1ccc(-c2ccc(-c3nc(-c4ccc5c(ccc6ccc7c8ccccc8ccc7c65)c4)nc4ccccc34)cc2)cc1. The molecule has 9 aromatic rings. The van der Waals surface area contributed by atoms with Crippen LogP contribution in [0, 0.1) is 0 Å². The van der Waals surface area contributed by atoms with Gasteiger partial charge in [-0.1, -0.05) is 146 Å².